The molecule has 0 spiro atoms. The molecule has 0 aromatic heterocycles. The van der Waals surface area contributed by atoms with Gasteiger partial charge in [0.05, 0.1) is 48.7 Å². The summed E-state index contributed by atoms with van der Waals surface area (Å²) in [6.45, 7) is 20.5. The van der Waals surface area contributed by atoms with Gasteiger partial charge >= 0.3 is 6.09 Å². The molecule has 1 aromatic rings. The topological polar surface area (TPSA) is 162 Å². The Balaban J connectivity index is 1.47. The fraction of sp³-hybridized carbons (Fsp3) is 0.771. The van der Waals surface area contributed by atoms with E-state index in [9.17, 15) is 24.0 Å². The quantitative estimate of drug-likeness (QED) is 0.156. The molecule has 3 aliphatic rings. The largest absolute Gasteiger partial charge is 0.439 e. The van der Waals surface area contributed by atoms with Crippen molar-refractivity contribution in [1.82, 2.24) is 35.6 Å². The molecule has 3 N–H and O–H groups in total. The zero-order valence-corrected chi connectivity index (χ0v) is 40.3. The molecule has 356 valence electrons. The van der Waals surface area contributed by atoms with Gasteiger partial charge in [-0.25, -0.2) is 4.79 Å². The van der Waals surface area contributed by atoms with E-state index in [1.165, 1.54) is 0 Å². The highest BCUT2D eigenvalue weighted by molar-refractivity contribution is 5.90. The molecule has 0 bridgehead atoms. The first-order valence-corrected chi connectivity index (χ1v) is 23.7. The van der Waals surface area contributed by atoms with Crippen LogP contribution in [0.3, 0.4) is 0 Å². The van der Waals surface area contributed by atoms with Crippen LogP contribution in [-0.4, -0.2) is 159 Å². The van der Waals surface area contributed by atoms with Crippen molar-refractivity contribution in [3.05, 3.63) is 35.9 Å². The number of hydrogen-bond acceptors (Lipinski definition) is 10. The Labute approximate surface area is 378 Å². The fourth-order valence-electron chi connectivity index (χ4n) is 9.93. The van der Waals surface area contributed by atoms with Gasteiger partial charge in [0.15, 0.2) is 0 Å². The average Bonchev–Trinajstić information content (AvgIpc) is 3.77. The van der Waals surface area contributed by atoms with Gasteiger partial charge in [0, 0.05) is 54.0 Å². The number of likely N-dealkylation sites (tertiary alicyclic amines) is 2. The standard InChI is InChI=1S/C48H81N7O8/c1-12-33(6)42(52(9)47(59)40(31(2)3)51-46(58)41(32(4)5)53-25-17-14-18-26-53)38(61-10)30-39(56)55-27-19-22-37(55)43(62-11)34(7)45(57)50-35(8)44(36-20-15-13-16-21-36)63-48(60)54-28-23-49-24-29-54/h13,15-16,20-21,31-35,37-38,40-44,49H,12,14,17-19,22-30H2,1-11H3,(H,50,57)(H,51,58)/t33-,34+,35+,37-,38?,40-,41-,42-,43+,44+/m0/s1. The zero-order valence-electron chi connectivity index (χ0n) is 40.3. The molecule has 63 heavy (non-hydrogen) atoms. The van der Waals surface area contributed by atoms with Gasteiger partial charge in [-0.15, -0.1) is 0 Å². The Morgan fingerprint density at radius 3 is 2.03 bits per heavy atom. The first kappa shape index (κ1) is 51.8. The minimum absolute atomic E-state index is 0.0218. The monoisotopic (exact) mass is 884 g/mol. The van der Waals surface area contributed by atoms with E-state index >= 15 is 0 Å². The summed E-state index contributed by atoms with van der Waals surface area (Å²) in [7, 11) is 4.91. The van der Waals surface area contributed by atoms with E-state index in [0.717, 1.165) is 50.8 Å². The summed E-state index contributed by atoms with van der Waals surface area (Å²) < 4.78 is 18.2. The van der Waals surface area contributed by atoms with Crippen molar-refractivity contribution in [2.75, 3.05) is 67.1 Å². The van der Waals surface area contributed by atoms with Gasteiger partial charge < -0.3 is 44.9 Å². The minimum atomic E-state index is -0.753. The smallest absolute Gasteiger partial charge is 0.410 e. The highest BCUT2D eigenvalue weighted by Crippen LogP contribution is 2.31. The number of piperazine rings is 1. The van der Waals surface area contributed by atoms with Crippen molar-refractivity contribution in [3.8, 4) is 0 Å². The van der Waals surface area contributed by atoms with Gasteiger partial charge in [0.25, 0.3) is 0 Å². The minimum Gasteiger partial charge on any atom is -0.439 e. The van der Waals surface area contributed by atoms with Gasteiger partial charge in [-0.1, -0.05) is 91.6 Å². The lowest BCUT2D eigenvalue weighted by molar-refractivity contribution is -0.148. The van der Waals surface area contributed by atoms with E-state index in [4.69, 9.17) is 14.2 Å². The van der Waals surface area contributed by atoms with Crippen LogP contribution in [0.4, 0.5) is 4.79 Å². The Morgan fingerprint density at radius 2 is 1.46 bits per heavy atom. The van der Waals surface area contributed by atoms with Crippen molar-refractivity contribution in [2.45, 2.75) is 149 Å². The van der Waals surface area contributed by atoms with Gasteiger partial charge in [-0.3, -0.25) is 24.1 Å². The molecule has 0 radical (unpaired) electrons. The molecule has 15 heteroatoms. The number of nitrogens with zero attached hydrogens (tertiary/aromatic N) is 4. The van der Waals surface area contributed by atoms with Crippen LogP contribution in [0.1, 0.15) is 112 Å². The lowest BCUT2D eigenvalue weighted by Crippen LogP contribution is -2.60. The number of carbonyl (C=O) groups excluding carboxylic acids is 5. The SMILES string of the molecule is CC[C@H](C)[C@@H](C(CC(=O)N1CCC[C@H]1[C@H](OC)[C@@H](C)C(=O)N[C@H](C)[C@@H](OC(=O)N1CCNCC1)c1ccccc1)OC)N(C)C(=O)[C@@H](NC(=O)[C@H](C(C)C)N1CCCCC1)C(C)C. The van der Waals surface area contributed by atoms with E-state index in [0.29, 0.717) is 39.1 Å². The molecule has 10 atom stereocenters. The van der Waals surface area contributed by atoms with Crippen LogP contribution in [0.15, 0.2) is 30.3 Å². The summed E-state index contributed by atoms with van der Waals surface area (Å²) in [5, 5.41) is 9.52. The molecule has 3 aliphatic heterocycles. The third kappa shape index (κ3) is 13.6. The summed E-state index contributed by atoms with van der Waals surface area (Å²) in [6, 6.07) is 6.94. The number of amides is 5. The third-order valence-corrected chi connectivity index (χ3v) is 13.7. The predicted molar refractivity (Wildman–Crippen MR) is 245 cm³/mol. The van der Waals surface area contributed by atoms with E-state index in [-0.39, 0.29) is 59.9 Å². The van der Waals surface area contributed by atoms with Crippen LogP contribution >= 0.6 is 0 Å². The lowest BCUT2D eigenvalue weighted by atomic mass is 9.89. The number of carbonyl (C=O) groups is 5. The zero-order chi connectivity index (χ0) is 46.4. The van der Waals surface area contributed by atoms with Crippen LogP contribution in [-0.2, 0) is 33.4 Å². The Morgan fingerprint density at radius 1 is 0.810 bits per heavy atom. The molecule has 15 nitrogen and oxygen atoms in total. The highest BCUT2D eigenvalue weighted by Gasteiger charge is 2.44. The van der Waals surface area contributed by atoms with Crippen LogP contribution in [0.25, 0.3) is 0 Å². The van der Waals surface area contributed by atoms with Crippen LogP contribution < -0.4 is 16.0 Å². The first-order chi connectivity index (χ1) is 30.1. The van der Waals surface area contributed by atoms with Gasteiger partial charge in [0.2, 0.25) is 23.6 Å². The number of benzene rings is 1. The van der Waals surface area contributed by atoms with Crippen LogP contribution in [0.5, 0.6) is 0 Å². The second-order valence-corrected chi connectivity index (χ2v) is 18.9. The molecule has 4 rings (SSSR count). The predicted octanol–water partition coefficient (Wildman–Crippen LogP) is 4.85. The Bertz CT molecular complexity index is 1600. The fourth-order valence-corrected chi connectivity index (χ4v) is 9.93. The third-order valence-electron chi connectivity index (χ3n) is 13.7. The summed E-state index contributed by atoms with van der Waals surface area (Å²) in [5.74, 6) is -1.52. The first-order valence-electron chi connectivity index (χ1n) is 23.7. The second kappa shape index (κ2) is 25.1. The maximum Gasteiger partial charge on any atom is 0.410 e. The van der Waals surface area contributed by atoms with Crippen molar-refractivity contribution in [2.24, 2.45) is 23.7 Å². The molecule has 1 unspecified atom stereocenters. The second-order valence-electron chi connectivity index (χ2n) is 18.9. The van der Waals surface area contributed by atoms with E-state index in [1.54, 1.807) is 38.0 Å². The molecule has 0 aliphatic carbocycles. The van der Waals surface area contributed by atoms with E-state index < -0.39 is 48.4 Å². The van der Waals surface area contributed by atoms with E-state index in [1.807, 2.05) is 56.0 Å². The summed E-state index contributed by atoms with van der Waals surface area (Å²) in [4.78, 5) is 77.7. The molecular weight excluding hydrogens is 803 g/mol. The summed E-state index contributed by atoms with van der Waals surface area (Å²) in [6.07, 6.45) is 3.04. The Kier molecular flexibility index (Phi) is 20.6. The van der Waals surface area contributed by atoms with Crippen LogP contribution in [0, 0.1) is 23.7 Å². The molecule has 1 aromatic carbocycles. The van der Waals surface area contributed by atoms with Crippen molar-refractivity contribution < 1.29 is 38.2 Å². The van der Waals surface area contributed by atoms with Crippen molar-refractivity contribution >= 4 is 29.7 Å². The summed E-state index contributed by atoms with van der Waals surface area (Å²) in [5.41, 5.74) is 0.769. The molecule has 3 fully saturated rings. The molecule has 3 saturated heterocycles. The molecule has 3 heterocycles. The summed E-state index contributed by atoms with van der Waals surface area (Å²) >= 11 is 0. The number of ether oxygens (including phenoxy) is 3. The van der Waals surface area contributed by atoms with Crippen molar-refractivity contribution in [1.29, 1.82) is 0 Å². The Hall–Kier alpha value is -3.79. The van der Waals surface area contributed by atoms with Gasteiger partial charge in [-0.2, -0.15) is 0 Å². The highest BCUT2D eigenvalue weighted by atomic mass is 16.6. The number of rotatable bonds is 21. The molecular formula is C48H81N7O8. The average molecular weight is 884 g/mol. The number of likely N-dealkylation sites (N-methyl/N-ethyl adjacent to an activating group) is 1. The van der Waals surface area contributed by atoms with Gasteiger partial charge in [0.1, 0.15) is 12.1 Å². The van der Waals surface area contributed by atoms with Crippen molar-refractivity contribution in [3.63, 3.8) is 0 Å². The number of hydrogen-bond donors (Lipinski definition) is 3. The number of nitrogens with one attached hydrogen (secondary N) is 3. The number of methoxy groups -OCH3 is 2. The van der Waals surface area contributed by atoms with Gasteiger partial charge in [-0.05, 0) is 69.0 Å². The normalized spacial score (nSPS) is 21.7. The maximum absolute atomic E-state index is 14.5. The van der Waals surface area contributed by atoms with Crippen LogP contribution in [0.2, 0.25) is 0 Å². The lowest BCUT2D eigenvalue weighted by Gasteiger charge is -2.41. The maximum atomic E-state index is 14.5. The molecule has 0 saturated carbocycles. The number of piperidine rings is 1. The van der Waals surface area contributed by atoms with E-state index in [2.05, 4.69) is 48.5 Å². The molecule has 5 amide bonds.